The average Bonchev–Trinajstić information content (AvgIpc) is 2.40. The molecule has 0 aromatic carbocycles. The smallest absolute Gasteiger partial charge is 0.311 e. The van der Waals surface area contributed by atoms with E-state index in [2.05, 4.69) is 14.1 Å². The number of methoxy groups -OCH3 is 1. The van der Waals surface area contributed by atoms with Crippen LogP contribution in [0.15, 0.2) is 17.1 Å². The van der Waals surface area contributed by atoms with Crippen LogP contribution < -0.4 is 0 Å². The van der Waals surface area contributed by atoms with Crippen molar-refractivity contribution in [1.29, 1.82) is 0 Å². The Kier molecular flexibility index (Phi) is 2.04. The van der Waals surface area contributed by atoms with Crippen molar-refractivity contribution in [2.45, 2.75) is 6.42 Å². The van der Waals surface area contributed by atoms with E-state index in [0.717, 1.165) is 0 Å². The molecule has 0 aliphatic heterocycles. The van der Waals surface area contributed by atoms with E-state index in [0.29, 0.717) is 5.69 Å². The minimum Gasteiger partial charge on any atom is -0.469 e. The molecule has 0 saturated heterocycles. The van der Waals surface area contributed by atoms with Crippen molar-refractivity contribution in [3.05, 3.63) is 18.4 Å². The molecule has 1 aromatic heterocycles. The summed E-state index contributed by atoms with van der Waals surface area (Å²) in [5.74, 6) is -0.311. The standard InChI is InChI=1S/C6H7NO3/c1-9-6(8)2-5-3-10-4-7-5/h3-4H,2H2,1H3. The van der Waals surface area contributed by atoms with Crippen molar-refractivity contribution < 1.29 is 13.9 Å². The van der Waals surface area contributed by atoms with Crippen molar-refractivity contribution in [2.24, 2.45) is 0 Å². The van der Waals surface area contributed by atoms with Crippen LogP contribution in [0.3, 0.4) is 0 Å². The molecule has 4 heteroatoms. The maximum Gasteiger partial charge on any atom is 0.311 e. The maximum atomic E-state index is 10.6. The lowest BCUT2D eigenvalue weighted by Crippen LogP contribution is -2.04. The number of hydrogen-bond donors (Lipinski definition) is 0. The quantitative estimate of drug-likeness (QED) is 0.559. The van der Waals surface area contributed by atoms with Crippen molar-refractivity contribution in [1.82, 2.24) is 4.98 Å². The van der Waals surface area contributed by atoms with Gasteiger partial charge in [0.1, 0.15) is 6.26 Å². The molecule has 0 radical (unpaired) electrons. The van der Waals surface area contributed by atoms with Crippen LogP contribution in [0.5, 0.6) is 0 Å². The SMILES string of the molecule is COC(=O)Cc1cocn1. The lowest BCUT2D eigenvalue weighted by atomic mass is 10.3. The molecule has 0 N–H and O–H groups in total. The van der Waals surface area contributed by atoms with Gasteiger partial charge in [0.15, 0.2) is 6.39 Å². The van der Waals surface area contributed by atoms with Gasteiger partial charge in [0.2, 0.25) is 0 Å². The zero-order chi connectivity index (χ0) is 7.40. The summed E-state index contributed by atoms with van der Waals surface area (Å²) in [5, 5.41) is 0. The van der Waals surface area contributed by atoms with Crippen LogP contribution in [0.4, 0.5) is 0 Å². The Morgan fingerprint density at radius 1 is 1.90 bits per heavy atom. The number of carbonyl (C=O) groups excluding carboxylic acids is 1. The van der Waals surface area contributed by atoms with Gasteiger partial charge in [-0.2, -0.15) is 0 Å². The first-order valence-electron chi connectivity index (χ1n) is 2.77. The van der Waals surface area contributed by atoms with Gasteiger partial charge in [0.25, 0.3) is 0 Å². The van der Waals surface area contributed by atoms with Crippen LogP contribution in [0.25, 0.3) is 0 Å². The maximum absolute atomic E-state index is 10.6. The fourth-order valence-electron chi connectivity index (χ4n) is 0.545. The van der Waals surface area contributed by atoms with E-state index in [1.165, 1.54) is 19.8 Å². The number of hydrogen-bond acceptors (Lipinski definition) is 4. The first kappa shape index (κ1) is 6.80. The normalized spacial score (nSPS) is 9.30. The summed E-state index contributed by atoms with van der Waals surface area (Å²) >= 11 is 0. The predicted octanol–water partition coefficient (Wildman–Crippen LogP) is 0.390. The highest BCUT2D eigenvalue weighted by molar-refractivity contribution is 5.71. The number of carbonyl (C=O) groups is 1. The average molecular weight is 141 g/mol. The Morgan fingerprint density at radius 3 is 3.20 bits per heavy atom. The fourth-order valence-corrected chi connectivity index (χ4v) is 0.545. The summed E-state index contributed by atoms with van der Waals surface area (Å²) in [6.07, 6.45) is 2.86. The fraction of sp³-hybridized carbons (Fsp3) is 0.333. The molecule has 0 saturated carbocycles. The molecule has 0 unspecified atom stereocenters. The molecule has 1 rings (SSSR count). The van der Waals surface area contributed by atoms with Crippen molar-refractivity contribution >= 4 is 5.97 Å². The Balaban J connectivity index is 2.48. The van der Waals surface area contributed by atoms with Crippen LogP contribution in [-0.2, 0) is 16.0 Å². The highest BCUT2D eigenvalue weighted by Gasteiger charge is 2.03. The Bertz CT molecular complexity index is 205. The molecule has 0 spiro atoms. The largest absolute Gasteiger partial charge is 0.469 e. The molecular weight excluding hydrogens is 134 g/mol. The number of ether oxygens (including phenoxy) is 1. The van der Waals surface area contributed by atoms with E-state index < -0.39 is 0 Å². The van der Waals surface area contributed by atoms with Gasteiger partial charge in [-0.3, -0.25) is 4.79 Å². The first-order chi connectivity index (χ1) is 4.83. The molecule has 0 bridgehead atoms. The molecule has 1 heterocycles. The number of esters is 1. The second kappa shape index (κ2) is 3.00. The van der Waals surface area contributed by atoms with Crippen LogP contribution >= 0.6 is 0 Å². The first-order valence-corrected chi connectivity index (χ1v) is 2.77. The minimum atomic E-state index is -0.311. The van der Waals surface area contributed by atoms with Crippen LogP contribution in [0, 0.1) is 0 Å². The van der Waals surface area contributed by atoms with Gasteiger partial charge in [-0.15, -0.1) is 0 Å². The van der Waals surface area contributed by atoms with Gasteiger partial charge in [-0.25, -0.2) is 4.98 Å². The summed E-state index contributed by atoms with van der Waals surface area (Å²) in [7, 11) is 1.34. The highest BCUT2D eigenvalue weighted by Crippen LogP contribution is 1.95. The predicted molar refractivity (Wildman–Crippen MR) is 32.2 cm³/mol. The molecule has 0 amide bonds. The lowest BCUT2D eigenvalue weighted by molar-refractivity contribution is -0.139. The number of aromatic nitrogens is 1. The Labute approximate surface area is 57.8 Å². The molecule has 54 valence electrons. The summed E-state index contributed by atoms with van der Waals surface area (Å²) in [6, 6.07) is 0. The number of oxazole rings is 1. The van der Waals surface area contributed by atoms with Gasteiger partial charge in [0, 0.05) is 0 Å². The van der Waals surface area contributed by atoms with E-state index in [-0.39, 0.29) is 12.4 Å². The third-order valence-corrected chi connectivity index (χ3v) is 1.04. The van der Waals surface area contributed by atoms with Crippen molar-refractivity contribution in [2.75, 3.05) is 7.11 Å². The molecule has 0 aliphatic rings. The Hall–Kier alpha value is -1.32. The monoisotopic (exact) mass is 141 g/mol. The van der Waals surface area contributed by atoms with E-state index in [1.807, 2.05) is 0 Å². The molecule has 0 aliphatic carbocycles. The van der Waals surface area contributed by atoms with Crippen LogP contribution in [-0.4, -0.2) is 18.1 Å². The van der Waals surface area contributed by atoms with Gasteiger partial charge >= 0.3 is 5.97 Å². The van der Waals surface area contributed by atoms with Crippen LogP contribution in [0.2, 0.25) is 0 Å². The second-order valence-corrected chi connectivity index (χ2v) is 1.73. The minimum absolute atomic E-state index is 0.174. The molecule has 0 fully saturated rings. The summed E-state index contributed by atoms with van der Waals surface area (Å²) in [4.78, 5) is 14.3. The summed E-state index contributed by atoms with van der Waals surface area (Å²) in [6.45, 7) is 0. The topological polar surface area (TPSA) is 52.3 Å². The lowest BCUT2D eigenvalue weighted by Gasteiger charge is -1.91. The van der Waals surface area contributed by atoms with Gasteiger partial charge in [-0.05, 0) is 0 Å². The van der Waals surface area contributed by atoms with Crippen LogP contribution in [0.1, 0.15) is 5.69 Å². The summed E-state index contributed by atoms with van der Waals surface area (Å²) < 4.78 is 9.04. The molecule has 0 atom stereocenters. The van der Waals surface area contributed by atoms with Crippen molar-refractivity contribution in [3.8, 4) is 0 Å². The molecular formula is C6H7NO3. The van der Waals surface area contributed by atoms with Gasteiger partial charge < -0.3 is 9.15 Å². The number of rotatable bonds is 2. The molecule has 10 heavy (non-hydrogen) atoms. The van der Waals surface area contributed by atoms with Gasteiger partial charge in [-0.1, -0.05) is 0 Å². The van der Waals surface area contributed by atoms with E-state index in [1.54, 1.807) is 0 Å². The molecule has 4 nitrogen and oxygen atoms in total. The van der Waals surface area contributed by atoms with E-state index in [9.17, 15) is 4.79 Å². The number of nitrogens with zero attached hydrogens (tertiary/aromatic N) is 1. The van der Waals surface area contributed by atoms with Gasteiger partial charge in [0.05, 0.1) is 19.2 Å². The zero-order valence-corrected chi connectivity index (χ0v) is 5.53. The molecule has 1 aromatic rings. The third-order valence-electron chi connectivity index (χ3n) is 1.04. The summed E-state index contributed by atoms with van der Waals surface area (Å²) in [5.41, 5.74) is 0.590. The van der Waals surface area contributed by atoms with E-state index in [4.69, 9.17) is 0 Å². The third kappa shape index (κ3) is 1.58. The van der Waals surface area contributed by atoms with E-state index >= 15 is 0 Å². The second-order valence-electron chi connectivity index (χ2n) is 1.73. The highest BCUT2D eigenvalue weighted by atomic mass is 16.5. The van der Waals surface area contributed by atoms with Crippen molar-refractivity contribution in [3.63, 3.8) is 0 Å². The zero-order valence-electron chi connectivity index (χ0n) is 5.53. The Morgan fingerprint density at radius 2 is 2.70 bits per heavy atom.